The number of ether oxygens (including phenoxy) is 6. The van der Waals surface area contributed by atoms with Crippen LogP contribution in [0.25, 0.3) is 0 Å². The average molecular weight is 384 g/mol. The summed E-state index contributed by atoms with van der Waals surface area (Å²) in [5.41, 5.74) is 0. The molecule has 26 heavy (non-hydrogen) atoms. The van der Waals surface area contributed by atoms with Crippen LogP contribution in [0, 0.1) is 0 Å². The number of rotatable bonds is 18. The van der Waals surface area contributed by atoms with Gasteiger partial charge in [0.2, 0.25) is 0 Å². The number of carboxylic acid groups (broad SMARTS) is 1. The lowest BCUT2D eigenvalue weighted by Gasteiger charge is -2.09. The second kappa shape index (κ2) is 23.9. The number of carboxylic acids is 1. The zero-order valence-electron chi connectivity index (χ0n) is 15.3. The summed E-state index contributed by atoms with van der Waals surface area (Å²) in [6.07, 6.45) is -0.0534. The van der Waals surface area contributed by atoms with E-state index >= 15 is 0 Å². The van der Waals surface area contributed by atoms with Crippen LogP contribution in [0.3, 0.4) is 0 Å². The largest absolute Gasteiger partial charge is 0.478 e. The lowest BCUT2D eigenvalue weighted by Crippen LogP contribution is -2.19. The van der Waals surface area contributed by atoms with Crippen LogP contribution in [0.4, 0.5) is 0 Å². The lowest BCUT2D eigenvalue weighted by atomic mass is 10.6. The van der Waals surface area contributed by atoms with E-state index in [4.69, 9.17) is 39.0 Å². The number of aliphatic hydroxyl groups excluding tert-OH is 2. The summed E-state index contributed by atoms with van der Waals surface area (Å²) in [6, 6.07) is 0. The van der Waals surface area contributed by atoms with Crippen LogP contribution in [0.5, 0.6) is 0 Å². The summed E-state index contributed by atoms with van der Waals surface area (Å²) in [5, 5.41) is 25.1. The first-order valence-electron chi connectivity index (χ1n) is 8.14. The molecule has 0 radical (unpaired) electrons. The Labute approximate surface area is 154 Å². The summed E-state index contributed by atoms with van der Waals surface area (Å²) >= 11 is 0. The van der Waals surface area contributed by atoms with E-state index in [1.54, 1.807) is 0 Å². The summed E-state index contributed by atoms with van der Waals surface area (Å²) in [4.78, 5) is 9.25. The highest BCUT2D eigenvalue weighted by Gasteiger charge is 1.99. The van der Waals surface area contributed by atoms with Gasteiger partial charge < -0.3 is 43.7 Å². The molecule has 0 amide bonds. The van der Waals surface area contributed by atoms with Crippen molar-refractivity contribution >= 4 is 5.97 Å². The molecular formula is C16H32O10. The Balaban J connectivity index is 0. The van der Waals surface area contributed by atoms with Crippen LogP contribution in [0.1, 0.15) is 0 Å². The summed E-state index contributed by atoms with van der Waals surface area (Å²) in [6.45, 7) is 7.24. The monoisotopic (exact) mass is 384 g/mol. The van der Waals surface area contributed by atoms with Crippen molar-refractivity contribution in [3.05, 3.63) is 12.7 Å². The fourth-order valence-corrected chi connectivity index (χ4v) is 1.20. The van der Waals surface area contributed by atoms with Gasteiger partial charge in [-0.3, -0.25) is 0 Å². The van der Waals surface area contributed by atoms with Crippen molar-refractivity contribution in [2.75, 3.05) is 79.8 Å². The molecule has 0 aromatic carbocycles. The van der Waals surface area contributed by atoms with Gasteiger partial charge in [0.1, 0.15) is 0 Å². The van der Waals surface area contributed by atoms with E-state index in [0.29, 0.717) is 59.5 Å². The molecule has 1 unspecified atom stereocenters. The maximum absolute atomic E-state index is 9.25. The number of hydrogen-bond acceptors (Lipinski definition) is 9. The highest BCUT2D eigenvalue weighted by atomic mass is 16.6. The van der Waals surface area contributed by atoms with Gasteiger partial charge in [0.05, 0.1) is 72.7 Å². The van der Waals surface area contributed by atoms with Crippen LogP contribution in [0.15, 0.2) is 12.7 Å². The Morgan fingerprint density at radius 3 is 1.54 bits per heavy atom. The van der Waals surface area contributed by atoms with Gasteiger partial charge in [0, 0.05) is 13.2 Å². The maximum atomic E-state index is 9.25. The van der Waals surface area contributed by atoms with E-state index in [-0.39, 0.29) is 13.2 Å². The first-order chi connectivity index (χ1) is 12.6. The molecule has 3 N–H and O–H groups in total. The molecule has 0 aliphatic heterocycles. The molecule has 156 valence electrons. The van der Waals surface area contributed by atoms with Crippen molar-refractivity contribution in [3.63, 3.8) is 0 Å². The number of aliphatic carboxylic acids is 1. The lowest BCUT2D eigenvalue weighted by molar-refractivity contribution is -0.131. The molecule has 0 heterocycles. The van der Waals surface area contributed by atoms with Gasteiger partial charge in [-0.1, -0.05) is 6.58 Å². The highest BCUT2D eigenvalue weighted by molar-refractivity contribution is 5.78. The molecule has 1 atom stereocenters. The minimum Gasteiger partial charge on any atom is -0.478 e. The molecule has 0 bridgehead atoms. The predicted octanol–water partition coefficient (Wildman–Crippen LogP) is -0.716. The fourth-order valence-electron chi connectivity index (χ4n) is 1.20. The molecule has 0 aliphatic carbocycles. The molecule has 0 aliphatic rings. The molecule has 0 fully saturated rings. The number of carbonyl (C=O) groups is 1. The summed E-state index contributed by atoms with van der Waals surface area (Å²) in [5.74, 6) is -0.981. The zero-order chi connectivity index (χ0) is 19.9. The number of hydrogen-bond donors (Lipinski definition) is 3. The van der Waals surface area contributed by atoms with Gasteiger partial charge in [-0.2, -0.15) is 0 Å². The second-order valence-corrected chi connectivity index (χ2v) is 4.48. The quantitative estimate of drug-likeness (QED) is 0.158. The molecule has 10 heteroatoms. The van der Waals surface area contributed by atoms with Crippen LogP contribution in [-0.2, 0) is 33.2 Å². The van der Waals surface area contributed by atoms with E-state index in [1.807, 2.05) is 0 Å². The first-order valence-corrected chi connectivity index (χ1v) is 8.14. The minimum atomic E-state index is -0.981. The Hall–Kier alpha value is -1.11. The molecule has 0 saturated carbocycles. The molecule has 0 aromatic heterocycles. The number of aliphatic hydroxyl groups is 2. The standard InChI is InChI=1S/C13H28O8.C3H4O2/c1-16-13(15)12-21-11-10-20-9-8-19-7-6-18-5-4-17-3-2-14;1-2-3(4)5/h13-15H,2-12H2,1H3;2H,1H2,(H,4,5). The van der Waals surface area contributed by atoms with E-state index in [1.165, 1.54) is 7.11 Å². The maximum Gasteiger partial charge on any atom is 0.327 e. The van der Waals surface area contributed by atoms with Crippen LogP contribution >= 0.6 is 0 Å². The van der Waals surface area contributed by atoms with E-state index < -0.39 is 12.3 Å². The van der Waals surface area contributed by atoms with Crippen LogP contribution < -0.4 is 0 Å². The van der Waals surface area contributed by atoms with Gasteiger partial charge >= 0.3 is 5.97 Å². The summed E-state index contributed by atoms with van der Waals surface area (Å²) in [7, 11) is 1.41. The van der Waals surface area contributed by atoms with E-state index in [0.717, 1.165) is 6.08 Å². The van der Waals surface area contributed by atoms with Crippen molar-refractivity contribution in [3.8, 4) is 0 Å². The van der Waals surface area contributed by atoms with E-state index in [2.05, 4.69) is 11.3 Å². The Morgan fingerprint density at radius 1 is 0.885 bits per heavy atom. The van der Waals surface area contributed by atoms with Gasteiger partial charge in [-0.25, -0.2) is 4.79 Å². The topological polar surface area (TPSA) is 133 Å². The van der Waals surface area contributed by atoms with Gasteiger partial charge in [0.25, 0.3) is 0 Å². The van der Waals surface area contributed by atoms with Crippen molar-refractivity contribution in [2.24, 2.45) is 0 Å². The van der Waals surface area contributed by atoms with Crippen molar-refractivity contribution < 1.29 is 48.5 Å². The smallest absolute Gasteiger partial charge is 0.327 e. The van der Waals surface area contributed by atoms with E-state index in [9.17, 15) is 4.79 Å². The molecule has 10 nitrogen and oxygen atoms in total. The fraction of sp³-hybridized carbons (Fsp3) is 0.812. The molecule has 0 aromatic rings. The van der Waals surface area contributed by atoms with Crippen molar-refractivity contribution in [1.82, 2.24) is 0 Å². The van der Waals surface area contributed by atoms with Gasteiger partial charge in [-0.15, -0.1) is 0 Å². The first kappa shape index (κ1) is 27.1. The normalized spacial score (nSPS) is 11.5. The molecule has 0 saturated heterocycles. The summed E-state index contributed by atoms with van der Waals surface area (Å²) < 4.78 is 30.5. The molecule has 0 spiro atoms. The zero-order valence-corrected chi connectivity index (χ0v) is 15.3. The Bertz CT molecular complexity index is 301. The third kappa shape index (κ3) is 27.7. The van der Waals surface area contributed by atoms with Crippen molar-refractivity contribution in [2.45, 2.75) is 6.29 Å². The van der Waals surface area contributed by atoms with Crippen molar-refractivity contribution in [1.29, 1.82) is 0 Å². The van der Waals surface area contributed by atoms with Crippen LogP contribution in [-0.4, -0.2) is 107 Å². The molecule has 0 rings (SSSR count). The Morgan fingerprint density at radius 2 is 1.23 bits per heavy atom. The van der Waals surface area contributed by atoms with Crippen LogP contribution in [0.2, 0.25) is 0 Å². The second-order valence-electron chi connectivity index (χ2n) is 4.48. The highest BCUT2D eigenvalue weighted by Crippen LogP contribution is 1.87. The van der Waals surface area contributed by atoms with Gasteiger partial charge in [0.15, 0.2) is 6.29 Å². The predicted molar refractivity (Wildman–Crippen MR) is 92.0 cm³/mol. The molecular weight excluding hydrogens is 352 g/mol. The average Bonchev–Trinajstić information content (AvgIpc) is 2.65. The Kier molecular flexibility index (Phi) is 24.9. The minimum absolute atomic E-state index is 0.0289. The SMILES string of the molecule is C=CC(=O)O.COC(O)COCCOCCOCCOCCOCCO. The third-order valence-electron chi connectivity index (χ3n) is 2.43. The third-order valence-corrected chi connectivity index (χ3v) is 2.43. The van der Waals surface area contributed by atoms with Gasteiger partial charge in [-0.05, 0) is 0 Å². The number of methoxy groups -OCH3 is 1.